The van der Waals surface area contributed by atoms with E-state index in [1.54, 1.807) is 19.1 Å². The van der Waals surface area contributed by atoms with E-state index in [1.165, 1.54) is 12.1 Å². The number of hydrogen-bond acceptors (Lipinski definition) is 2. The predicted molar refractivity (Wildman–Crippen MR) is 61.7 cm³/mol. The molecule has 2 rings (SSSR count). The molecule has 2 N–H and O–H groups in total. The van der Waals surface area contributed by atoms with E-state index in [-0.39, 0.29) is 6.04 Å². The zero-order valence-corrected chi connectivity index (χ0v) is 9.66. The Bertz CT molecular complexity index is 526. The van der Waals surface area contributed by atoms with Gasteiger partial charge in [-0.25, -0.2) is 0 Å². The molecule has 2 nitrogen and oxygen atoms in total. The Hall–Kier alpha value is -1.75. The molecule has 0 saturated heterocycles. The number of nitrogens with two attached hydrogens (primary N) is 1. The summed E-state index contributed by atoms with van der Waals surface area (Å²) in [6.45, 7) is 1.77. The summed E-state index contributed by atoms with van der Waals surface area (Å²) in [6.07, 6.45) is -4.32. The molecule has 96 valence electrons. The lowest BCUT2D eigenvalue weighted by atomic mass is 10.1. The second kappa shape index (κ2) is 4.49. The van der Waals surface area contributed by atoms with Crippen LogP contribution in [0.15, 0.2) is 40.8 Å². The molecule has 0 aliphatic rings. The average molecular weight is 255 g/mol. The Morgan fingerprint density at radius 2 is 1.67 bits per heavy atom. The van der Waals surface area contributed by atoms with Crippen LogP contribution in [0.1, 0.15) is 24.3 Å². The molecule has 2 aromatic rings. The molecule has 0 amide bonds. The van der Waals surface area contributed by atoms with Crippen LogP contribution in [0.5, 0.6) is 0 Å². The normalized spacial score (nSPS) is 13.6. The number of halogens is 3. The van der Waals surface area contributed by atoms with E-state index >= 15 is 0 Å². The van der Waals surface area contributed by atoms with E-state index in [9.17, 15) is 13.2 Å². The van der Waals surface area contributed by atoms with Crippen molar-refractivity contribution in [2.24, 2.45) is 5.73 Å². The Morgan fingerprint density at radius 1 is 1.06 bits per heavy atom. The smallest absolute Gasteiger partial charge is 0.416 e. The van der Waals surface area contributed by atoms with Crippen molar-refractivity contribution in [3.05, 3.63) is 47.7 Å². The molecule has 0 radical (unpaired) electrons. The lowest BCUT2D eigenvalue weighted by Crippen LogP contribution is -2.04. The zero-order valence-electron chi connectivity index (χ0n) is 9.66. The Labute approximate surface area is 102 Å². The first-order valence-corrected chi connectivity index (χ1v) is 5.41. The van der Waals surface area contributed by atoms with Gasteiger partial charge in [0.25, 0.3) is 0 Å². The van der Waals surface area contributed by atoms with Crippen LogP contribution in [0.3, 0.4) is 0 Å². The minimum atomic E-state index is -4.32. The van der Waals surface area contributed by atoms with Crippen LogP contribution in [0, 0.1) is 0 Å². The number of hydrogen-bond donors (Lipinski definition) is 1. The fraction of sp³-hybridized carbons (Fsp3) is 0.231. The molecule has 0 spiro atoms. The van der Waals surface area contributed by atoms with Crippen LogP contribution in [-0.2, 0) is 6.18 Å². The first-order valence-electron chi connectivity index (χ1n) is 5.41. The SMILES string of the molecule is CC(N)c1ccc(-c2ccc(C(F)(F)F)cc2)o1. The van der Waals surface area contributed by atoms with Crippen molar-refractivity contribution in [2.45, 2.75) is 19.1 Å². The molecule has 0 bridgehead atoms. The standard InChI is InChI=1S/C13H12F3NO/c1-8(17)11-6-7-12(18-11)9-2-4-10(5-3-9)13(14,15)16/h2-8H,17H2,1H3. The maximum Gasteiger partial charge on any atom is 0.416 e. The van der Waals surface area contributed by atoms with Gasteiger partial charge in [-0.05, 0) is 31.2 Å². The molecule has 1 atom stereocenters. The predicted octanol–water partition coefficient (Wildman–Crippen LogP) is 3.99. The minimum Gasteiger partial charge on any atom is -0.459 e. The Morgan fingerprint density at radius 3 is 2.11 bits per heavy atom. The molecule has 5 heteroatoms. The molecule has 0 aliphatic carbocycles. The van der Waals surface area contributed by atoms with Gasteiger partial charge in [0.1, 0.15) is 11.5 Å². The van der Waals surface area contributed by atoms with Crippen molar-refractivity contribution >= 4 is 0 Å². The molecule has 1 aromatic carbocycles. The van der Waals surface area contributed by atoms with E-state index in [2.05, 4.69) is 0 Å². The quantitative estimate of drug-likeness (QED) is 0.881. The molecular formula is C13H12F3NO. The molecule has 0 fully saturated rings. The van der Waals surface area contributed by atoms with Crippen molar-refractivity contribution in [3.63, 3.8) is 0 Å². The summed E-state index contributed by atoms with van der Waals surface area (Å²) in [5, 5.41) is 0. The van der Waals surface area contributed by atoms with Crippen molar-refractivity contribution < 1.29 is 17.6 Å². The van der Waals surface area contributed by atoms with Crippen molar-refractivity contribution in [3.8, 4) is 11.3 Å². The summed E-state index contributed by atoms with van der Waals surface area (Å²) in [4.78, 5) is 0. The Kier molecular flexibility index (Phi) is 3.17. The van der Waals surface area contributed by atoms with Gasteiger partial charge in [0.15, 0.2) is 0 Å². The van der Waals surface area contributed by atoms with Crippen LogP contribution in [0.2, 0.25) is 0 Å². The lowest BCUT2D eigenvalue weighted by molar-refractivity contribution is -0.137. The van der Waals surface area contributed by atoms with E-state index in [1.807, 2.05) is 0 Å². The van der Waals surface area contributed by atoms with Crippen LogP contribution < -0.4 is 5.73 Å². The molecule has 18 heavy (non-hydrogen) atoms. The summed E-state index contributed by atoms with van der Waals surface area (Å²) in [6, 6.07) is 8.00. The maximum absolute atomic E-state index is 12.4. The molecular weight excluding hydrogens is 243 g/mol. The molecule has 0 aliphatic heterocycles. The van der Waals surface area contributed by atoms with E-state index < -0.39 is 11.7 Å². The van der Waals surface area contributed by atoms with E-state index in [4.69, 9.17) is 10.2 Å². The third kappa shape index (κ3) is 2.56. The van der Waals surface area contributed by atoms with Crippen molar-refractivity contribution in [1.29, 1.82) is 0 Å². The maximum atomic E-state index is 12.4. The van der Waals surface area contributed by atoms with Gasteiger partial charge in [0.2, 0.25) is 0 Å². The van der Waals surface area contributed by atoms with Crippen molar-refractivity contribution in [1.82, 2.24) is 0 Å². The highest BCUT2D eigenvalue weighted by Crippen LogP contribution is 2.31. The Balaban J connectivity index is 2.29. The first-order chi connectivity index (χ1) is 8.38. The minimum absolute atomic E-state index is 0.242. The summed E-state index contributed by atoms with van der Waals surface area (Å²) in [5.41, 5.74) is 5.56. The highest BCUT2D eigenvalue weighted by molar-refractivity contribution is 5.58. The number of furan rings is 1. The highest BCUT2D eigenvalue weighted by atomic mass is 19.4. The van der Waals surface area contributed by atoms with E-state index in [0.29, 0.717) is 17.1 Å². The van der Waals surface area contributed by atoms with Crippen LogP contribution in [-0.4, -0.2) is 0 Å². The van der Waals surface area contributed by atoms with Gasteiger partial charge in [-0.3, -0.25) is 0 Å². The molecule has 1 unspecified atom stereocenters. The van der Waals surface area contributed by atoms with Crippen molar-refractivity contribution in [2.75, 3.05) is 0 Å². The van der Waals surface area contributed by atoms with Gasteiger partial charge in [-0.1, -0.05) is 12.1 Å². The van der Waals surface area contributed by atoms with Gasteiger partial charge in [0.05, 0.1) is 11.6 Å². The van der Waals surface area contributed by atoms with E-state index in [0.717, 1.165) is 12.1 Å². The monoisotopic (exact) mass is 255 g/mol. The summed E-state index contributed by atoms with van der Waals surface area (Å²) in [5.74, 6) is 1.11. The summed E-state index contributed by atoms with van der Waals surface area (Å²) >= 11 is 0. The molecule has 1 aromatic heterocycles. The number of alkyl halides is 3. The second-order valence-corrected chi connectivity index (χ2v) is 4.07. The third-order valence-corrected chi connectivity index (χ3v) is 2.57. The van der Waals surface area contributed by atoms with Crippen LogP contribution >= 0.6 is 0 Å². The number of rotatable bonds is 2. The molecule has 1 heterocycles. The zero-order chi connectivity index (χ0) is 13.3. The summed E-state index contributed by atoms with van der Waals surface area (Å²) < 4.78 is 42.6. The second-order valence-electron chi connectivity index (χ2n) is 4.07. The fourth-order valence-electron chi connectivity index (χ4n) is 1.58. The van der Waals surface area contributed by atoms with Gasteiger partial charge < -0.3 is 10.2 Å². The largest absolute Gasteiger partial charge is 0.459 e. The lowest BCUT2D eigenvalue weighted by Gasteiger charge is -2.06. The van der Waals surface area contributed by atoms with Gasteiger partial charge in [-0.2, -0.15) is 13.2 Å². The number of benzene rings is 1. The third-order valence-electron chi connectivity index (χ3n) is 2.57. The van der Waals surface area contributed by atoms with Crippen LogP contribution in [0.25, 0.3) is 11.3 Å². The molecule has 0 saturated carbocycles. The van der Waals surface area contributed by atoms with Crippen LogP contribution in [0.4, 0.5) is 13.2 Å². The highest BCUT2D eigenvalue weighted by Gasteiger charge is 2.30. The fourth-order valence-corrected chi connectivity index (χ4v) is 1.58. The average Bonchev–Trinajstić information content (AvgIpc) is 2.77. The summed E-state index contributed by atoms with van der Waals surface area (Å²) in [7, 11) is 0. The van der Waals surface area contributed by atoms with Gasteiger partial charge >= 0.3 is 6.18 Å². The first kappa shape index (κ1) is 12.7. The van der Waals surface area contributed by atoms with Gasteiger partial charge in [-0.15, -0.1) is 0 Å². The topological polar surface area (TPSA) is 39.2 Å². The van der Waals surface area contributed by atoms with Gasteiger partial charge in [0, 0.05) is 5.56 Å².